The summed E-state index contributed by atoms with van der Waals surface area (Å²) in [5, 5.41) is 3.28. The highest BCUT2D eigenvalue weighted by Gasteiger charge is 2.07. The molecule has 0 bridgehead atoms. The van der Waals surface area contributed by atoms with Gasteiger partial charge in [-0.1, -0.05) is 38.1 Å². The van der Waals surface area contributed by atoms with Crippen LogP contribution in [0.2, 0.25) is 0 Å². The molecular weight excluding hydrogens is 264 g/mol. The zero-order chi connectivity index (χ0) is 15.2. The number of benzene rings is 1. The van der Waals surface area contributed by atoms with Crippen molar-refractivity contribution in [2.75, 3.05) is 12.4 Å². The Morgan fingerprint density at radius 2 is 1.95 bits per heavy atom. The van der Waals surface area contributed by atoms with E-state index in [0.29, 0.717) is 18.2 Å². The highest BCUT2D eigenvalue weighted by molar-refractivity contribution is 5.88. The Hall–Kier alpha value is -2.36. The van der Waals surface area contributed by atoms with Crippen molar-refractivity contribution >= 4 is 11.7 Å². The predicted octanol–water partition coefficient (Wildman–Crippen LogP) is 3.60. The van der Waals surface area contributed by atoms with Gasteiger partial charge in [0.15, 0.2) is 0 Å². The number of nitrogens with zero attached hydrogens (tertiary/aromatic N) is 1. The van der Waals surface area contributed by atoms with E-state index >= 15 is 0 Å². The first-order valence-corrected chi connectivity index (χ1v) is 6.97. The summed E-state index contributed by atoms with van der Waals surface area (Å²) in [6.07, 6.45) is 1.59. The fourth-order valence-electron chi connectivity index (χ4n) is 1.98. The van der Waals surface area contributed by atoms with E-state index in [9.17, 15) is 4.79 Å². The maximum Gasteiger partial charge on any atom is 0.356 e. The number of carbonyl (C=O) groups excluding carboxylic acids is 1. The molecule has 0 aliphatic carbocycles. The minimum absolute atomic E-state index is 0.303. The van der Waals surface area contributed by atoms with Gasteiger partial charge in [-0.05, 0) is 29.2 Å². The third-order valence-electron chi connectivity index (χ3n) is 3.30. The molecule has 0 spiro atoms. The summed E-state index contributed by atoms with van der Waals surface area (Å²) in [6.45, 7) is 5.06. The molecule has 4 heteroatoms. The van der Waals surface area contributed by atoms with Gasteiger partial charge in [-0.15, -0.1) is 0 Å². The number of methoxy groups -OCH3 is 1. The van der Waals surface area contributed by atoms with Gasteiger partial charge in [0.25, 0.3) is 0 Å². The Kier molecular flexibility index (Phi) is 4.93. The predicted molar refractivity (Wildman–Crippen MR) is 83.4 cm³/mol. The molecule has 1 heterocycles. The molecule has 0 aliphatic heterocycles. The van der Waals surface area contributed by atoms with Crippen LogP contribution < -0.4 is 5.32 Å². The van der Waals surface area contributed by atoms with Crippen molar-refractivity contribution in [2.45, 2.75) is 26.3 Å². The zero-order valence-corrected chi connectivity index (χ0v) is 12.6. The van der Waals surface area contributed by atoms with Crippen LogP contribution in [0.5, 0.6) is 0 Å². The van der Waals surface area contributed by atoms with Gasteiger partial charge in [-0.3, -0.25) is 0 Å². The van der Waals surface area contributed by atoms with Crippen molar-refractivity contribution in [3.63, 3.8) is 0 Å². The molecule has 0 aliphatic rings. The molecule has 110 valence electrons. The number of carbonyl (C=O) groups is 1. The fraction of sp³-hybridized carbons (Fsp3) is 0.294. The highest BCUT2D eigenvalue weighted by Crippen LogP contribution is 2.16. The number of anilines is 1. The van der Waals surface area contributed by atoms with Gasteiger partial charge in [0.2, 0.25) is 0 Å². The van der Waals surface area contributed by atoms with E-state index in [2.05, 4.69) is 53.2 Å². The van der Waals surface area contributed by atoms with Crippen LogP contribution in [0.25, 0.3) is 0 Å². The minimum Gasteiger partial charge on any atom is -0.464 e. The summed E-state index contributed by atoms with van der Waals surface area (Å²) >= 11 is 0. The van der Waals surface area contributed by atoms with Crippen molar-refractivity contribution < 1.29 is 9.53 Å². The van der Waals surface area contributed by atoms with Crippen LogP contribution in [0.1, 0.15) is 41.4 Å². The third kappa shape index (κ3) is 4.05. The second kappa shape index (κ2) is 6.88. The van der Waals surface area contributed by atoms with E-state index < -0.39 is 5.97 Å². The Balaban J connectivity index is 2.01. The number of nitrogens with one attached hydrogen (secondary N) is 1. The van der Waals surface area contributed by atoms with E-state index in [-0.39, 0.29) is 0 Å². The molecule has 4 nitrogen and oxygen atoms in total. The Morgan fingerprint density at radius 3 is 2.57 bits per heavy atom. The van der Waals surface area contributed by atoms with Gasteiger partial charge >= 0.3 is 5.97 Å². The van der Waals surface area contributed by atoms with Gasteiger partial charge in [0, 0.05) is 18.4 Å². The van der Waals surface area contributed by atoms with E-state index in [1.165, 1.54) is 18.2 Å². The largest absolute Gasteiger partial charge is 0.464 e. The van der Waals surface area contributed by atoms with Crippen LogP contribution in [-0.4, -0.2) is 18.1 Å². The first kappa shape index (κ1) is 15.0. The molecule has 2 rings (SSSR count). The average Bonchev–Trinajstić information content (AvgIpc) is 2.52. The molecule has 1 N–H and O–H groups in total. The first-order valence-electron chi connectivity index (χ1n) is 6.97. The van der Waals surface area contributed by atoms with E-state index in [1.807, 2.05) is 6.07 Å². The molecule has 0 amide bonds. The Morgan fingerprint density at radius 1 is 1.24 bits per heavy atom. The molecule has 2 aromatic rings. The number of hydrogen-bond donors (Lipinski definition) is 1. The summed E-state index contributed by atoms with van der Waals surface area (Å²) in [6, 6.07) is 12.0. The smallest absolute Gasteiger partial charge is 0.356 e. The summed E-state index contributed by atoms with van der Waals surface area (Å²) in [5.74, 6) is 0.106. The Labute approximate surface area is 125 Å². The number of aromatic nitrogens is 1. The van der Waals surface area contributed by atoms with Crippen molar-refractivity contribution in [3.05, 3.63) is 59.4 Å². The number of ether oxygens (including phenoxy) is 1. The van der Waals surface area contributed by atoms with Crippen LogP contribution in [0.3, 0.4) is 0 Å². The topological polar surface area (TPSA) is 51.2 Å². The van der Waals surface area contributed by atoms with Gasteiger partial charge in [-0.25, -0.2) is 9.78 Å². The monoisotopic (exact) mass is 284 g/mol. The minimum atomic E-state index is -0.431. The molecule has 0 saturated heterocycles. The molecule has 0 unspecified atom stereocenters. The summed E-state index contributed by atoms with van der Waals surface area (Å²) in [5.41, 5.74) is 3.67. The molecule has 1 aromatic heterocycles. The van der Waals surface area contributed by atoms with Gasteiger partial charge in [0.1, 0.15) is 5.69 Å². The lowest BCUT2D eigenvalue weighted by Crippen LogP contribution is -2.06. The van der Waals surface area contributed by atoms with Crippen molar-refractivity contribution in [1.82, 2.24) is 4.98 Å². The number of pyridine rings is 1. The van der Waals surface area contributed by atoms with Gasteiger partial charge in [-0.2, -0.15) is 0 Å². The third-order valence-corrected chi connectivity index (χ3v) is 3.30. The zero-order valence-electron chi connectivity index (χ0n) is 12.6. The van der Waals surface area contributed by atoms with E-state index in [4.69, 9.17) is 0 Å². The summed E-state index contributed by atoms with van der Waals surface area (Å²) in [4.78, 5) is 15.4. The lowest BCUT2D eigenvalue weighted by molar-refractivity contribution is 0.0594. The number of rotatable bonds is 5. The van der Waals surface area contributed by atoms with Crippen molar-refractivity contribution in [2.24, 2.45) is 0 Å². The van der Waals surface area contributed by atoms with Gasteiger partial charge < -0.3 is 10.1 Å². The first-order chi connectivity index (χ1) is 10.1. The van der Waals surface area contributed by atoms with Crippen LogP contribution >= 0.6 is 0 Å². The fourth-order valence-corrected chi connectivity index (χ4v) is 1.98. The number of esters is 1. The molecule has 1 aromatic carbocycles. The van der Waals surface area contributed by atoms with Crippen LogP contribution in [0, 0.1) is 0 Å². The SMILES string of the molecule is COC(=O)c1cc(NCc2ccc(C(C)C)cc2)ccn1. The lowest BCUT2D eigenvalue weighted by Gasteiger charge is -2.09. The van der Waals surface area contributed by atoms with E-state index in [1.54, 1.807) is 12.3 Å². The summed E-state index contributed by atoms with van der Waals surface area (Å²) < 4.78 is 4.66. The Bertz CT molecular complexity index is 606. The maximum atomic E-state index is 11.4. The van der Waals surface area contributed by atoms with Crippen molar-refractivity contribution in [3.8, 4) is 0 Å². The molecule has 21 heavy (non-hydrogen) atoms. The van der Waals surface area contributed by atoms with Crippen molar-refractivity contribution in [1.29, 1.82) is 0 Å². The highest BCUT2D eigenvalue weighted by atomic mass is 16.5. The van der Waals surface area contributed by atoms with Crippen LogP contribution in [0.15, 0.2) is 42.6 Å². The van der Waals surface area contributed by atoms with Crippen LogP contribution in [-0.2, 0) is 11.3 Å². The molecule has 0 saturated carbocycles. The molecule has 0 atom stereocenters. The lowest BCUT2D eigenvalue weighted by atomic mass is 10.0. The summed E-state index contributed by atoms with van der Waals surface area (Å²) in [7, 11) is 1.35. The molecular formula is C17H20N2O2. The molecule has 0 fully saturated rings. The quantitative estimate of drug-likeness (QED) is 0.852. The maximum absolute atomic E-state index is 11.4. The second-order valence-corrected chi connectivity index (χ2v) is 5.17. The average molecular weight is 284 g/mol. The standard InChI is InChI=1S/C17H20N2O2/c1-12(2)14-6-4-13(5-7-14)11-19-15-8-9-18-16(10-15)17(20)21-3/h4-10,12H,11H2,1-3H3,(H,18,19). The van der Waals surface area contributed by atoms with E-state index in [0.717, 1.165) is 5.69 Å². The second-order valence-electron chi connectivity index (χ2n) is 5.17. The normalized spacial score (nSPS) is 10.5. The van der Waals surface area contributed by atoms with Crippen LogP contribution in [0.4, 0.5) is 5.69 Å². The van der Waals surface area contributed by atoms with Gasteiger partial charge in [0.05, 0.1) is 7.11 Å². The number of hydrogen-bond acceptors (Lipinski definition) is 4. The molecule has 0 radical (unpaired) electrons.